The molecule has 0 bridgehead atoms. The minimum atomic E-state index is -0.168. The van der Waals surface area contributed by atoms with Crippen molar-refractivity contribution in [2.45, 2.75) is 57.8 Å². The van der Waals surface area contributed by atoms with Crippen molar-refractivity contribution in [2.24, 2.45) is 0 Å². The van der Waals surface area contributed by atoms with E-state index in [0.717, 1.165) is 44.0 Å². The number of hydrogen-bond donors (Lipinski definition) is 1. The number of nitrogens with one attached hydrogen (secondary N) is 1. The average Bonchev–Trinajstić information content (AvgIpc) is 3.30. The maximum atomic E-state index is 6.15. The molecular weight excluding hydrogens is 322 g/mol. The third-order valence-electron chi connectivity index (χ3n) is 4.94. The topological polar surface area (TPSA) is 52.1 Å². The van der Waals surface area contributed by atoms with Gasteiger partial charge in [-0.1, -0.05) is 6.07 Å². The number of rotatable bonds is 5. The Bertz CT molecular complexity index is 777. The molecule has 1 aliphatic heterocycles. The number of nitrogens with zero attached hydrogens (tertiary/aromatic N) is 2. The van der Waals surface area contributed by atoms with E-state index < -0.39 is 0 Å². The summed E-state index contributed by atoms with van der Waals surface area (Å²) >= 11 is 5.39. The molecule has 1 aliphatic carbocycles. The highest BCUT2D eigenvalue weighted by atomic mass is 32.1. The molecule has 128 valence electrons. The van der Waals surface area contributed by atoms with E-state index in [-0.39, 0.29) is 12.2 Å². The molecule has 6 heteroatoms. The number of aryl methyl sites for hydroxylation is 2. The highest BCUT2D eigenvalue weighted by molar-refractivity contribution is 7.71. The van der Waals surface area contributed by atoms with Crippen LogP contribution < -0.4 is 4.74 Å². The van der Waals surface area contributed by atoms with E-state index in [9.17, 15) is 0 Å². The molecule has 0 amide bonds. The van der Waals surface area contributed by atoms with Gasteiger partial charge in [-0.2, -0.15) is 5.10 Å². The summed E-state index contributed by atoms with van der Waals surface area (Å²) in [7, 11) is 0. The summed E-state index contributed by atoms with van der Waals surface area (Å²) in [6, 6.07) is 6.42. The van der Waals surface area contributed by atoms with E-state index in [1.165, 1.54) is 24.0 Å². The Balaban J connectivity index is 1.52. The number of ether oxygens (including phenoxy) is 2. The molecule has 2 atom stereocenters. The Morgan fingerprint density at radius 3 is 3.08 bits per heavy atom. The standard InChI is InChI=1S/C18H23N3O2S/c1-12(23-15-8-7-13-4-2-5-14(13)10-15)17-19-20-18(24)21(17)11-16-6-3-9-22-16/h7-8,10,12,16H,2-6,9,11H2,1H3,(H,20,24)/t12-,16-/m0/s1. The summed E-state index contributed by atoms with van der Waals surface area (Å²) in [6.07, 6.45) is 5.83. The molecule has 1 fully saturated rings. The van der Waals surface area contributed by atoms with Crippen LogP contribution in [-0.2, 0) is 24.1 Å². The van der Waals surface area contributed by atoms with Gasteiger partial charge in [-0.25, -0.2) is 0 Å². The molecule has 1 saturated heterocycles. The lowest BCUT2D eigenvalue weighted by molar-refractivity contribution is 0.0935. The molecular formula is C18H23N3O2S. The van der Waals surface area contributed by atoms with E-state index in [1.807, 2.05) is 11.5 Å². The first-order chi connectivity index (χ1) is 11.7. The molecule has 1 N–H and O–H groups in total. The molecule has 2 aliphatic rings. The lowest BCUT2D eigenvalue weighted by Crippen LogP contribution is -2.19. The van der Waals surface area contributed by atoms with Gasteiger partial charge in [0.25, 0.3) is 0 Å². The second kappa shape index (κ2) is 6.69. The van der Waals surface area contributed by atoms with Gasteiger partial charge in [0.1, 0.15) is 5.75 Å². The summed E-state index contributed by atoms with van der Waals surface area (Å²) in [5.41, 5.74) is 2.87. The van der Waals surface area contributed by atoms with Crippen LogP contribution in [0.25, 0.3) is 0 Å². The van der Waals surface area contributed by atoms with Crippen LogP contribution in [0, 0.1) is 4.77 Å². The third kappa shape index (κ3) is 3.13. The summed E-state index contributed by atoms with van der Waals surface area (Å²) < 4.78 is 14.5. The molecule has 1 aromatic carbocycles. The maximum Gasteiger partial charge on any atom is 0.195 e. The zero-order chi connectivity index (χ0) is 16.5. The van der Waals surface area contributed by atoms with Crippen LogP contribution in [0.15, 0.2) is 18.2 Å². The van der Waals surface area contributed by atoms with E-state index in [0.29, 0.717) is 4.77 Å². The number of benzene rings is 1. The van der Waals surface area contributed by atoms with E-state index in [4.69, 9.17) is 21.7 Å². The normalized spacial score (nSPS) is 21.0. The summed E-state index contributed by atoms with van der Waals surface area (Å²) in [5, 5.41) is 7.29. The van der Waals surface area contributed by atoms with Gasteiger partial charge in [0, 0.05) is 6.61 Å². The Morgan fingerprint density at radius 1 is 1.38 bits per heavy atom. The summed E-state index contributed by atoms with van der Waals surface area (Å²) in [5.74, 6) is 1.73. The lowest BCUT2D eigenvalue weighted by Gasteiger charge is -2.18. The van der Waals surface area contributed by atoms with Gasteiger partial charge >= 0.3 is 0 Å². The fourth-order valence-corrected chi connectivity index (χ4v) is 3.90. The van der Waals surface area contributed by atoms with Crippen molar-refractivity contribution in [3.8, 4) is 5.75 Å². The number of fused-ring (bicyclic) bond motifs is 1. The van der Waals surface area contributed by atoms with Gasteiger partial charge in [-0.15, -0.1) is 0 Å². The number of aromatic nitrogens is 3. The van der Waals surface area contributed by atoms with Crippen LogP contribution in [0.2, 0.25) is 0 Å². The van der Waals surface area contributed by atoms with Crippen molar-refractivity contribution in [2.75, 3.05) is 6.61 Å². The quantitative estimate of drug-likeness (QED) is 0.839. The SMILES string of the molecule is C[C@H](Oc1ccc2c(c1)CCC2)c1n[nH]c(=S)n1C[C@@H]1CCCO1. The van der Waals surface area contributed by atoms with E-state index >= 15 is 0 Å². The predicted octanol–water partition coefficient (Wildman–Crippen LogP) is 3.75. The summed E-state index contributed by atoms with van der Waals surface area (Å²) in [6.45, 7) is 3.60. The molecule has 0 radical (unpaired) electrons. The fourth-order valence-electron chi connectivity index (χ4n) is 3.69. The van der Waals surface area contributed by atoms with Gasteiger partial charge in [0.05, 0.1) is 12.6 Å². The maximum absolute atomic E-state index is 6.15. The second-order valence-corrected chi connectivity index (χ2v) is 7.06. The molecule has 0 unspecified atom stereocenters. The lowest BCUT2D eigenvalue weighted by atomic mass is 10.1. The third-order valence-corrected chi connectivity index (χ3v) is 5.26. The van der Waals surface area contributed by atoms with Crippen LogP contribution in [0.1, 0.15) is 49.2 Å². The van der Waals surface area contributed by atoms with Crippen LogP contribution in [-0.4, -0.2) is 27.5 Å². The smallest absolute Gasteiger partial charge is 0.195 e. The van der Waals surface area contributed by atoms with E-state index in [2.05, 4.69) is 28.4 Å². The predicted molar refractivity (Wildman–Crippen MR) is 93.9 cm³/mol. The van der Waals surface area contributed by atoms with Gasteiger partial charge in [-0.3, -0.25) is 9.67 Å². The number of aromatic amines is 1. The molecule has 4 rings (SSSR count). The average molecular weight is 345 g/mol. The molecule has 0 spiro atoms. The largest absolute Gasteiger partial charge is 0.483 e. The molecule has 24 heavy (non-hydrogen) atoms. The Hall–Kier alpha value is -1.66. The minimum Gasteiger partial charge on any atom is -0.483 e. The monoisotopic (exact) mass is 345 g/mol. The van der Waals surface area contributed by atoms with Crippen LogP contribution in [0.5, 0.6) is 5.75 Å². The first kappa shape index (κ1) is 15.8. The Morgan fingerprint density at radius 2 is 2.25 bits per heavy atom. The minimum absolute atomic E-state index is 0.168. The van der Waals surface area contributed by atoms with Crippen molar-refractivity contribution >= 4 is 12.2 Å². The van der Waals surface area contributed by atoms with Crippen molar-refractivity contribution in [3.63, 3.8) is 0 Å². The van der Waals surface area contributed by atoms with Gasteiger partial charge in [0.2, 0.25) is 0 Å². The van der Waals surface area contributed by atoms with Gasteiger partial charge in [-0.05, 0) is 74.5 Å². The van der Waals surface area contributed by atoms with Crippen molar-refractivity contribution in [1.82, 2.24) is 14.8 Å². The van der Waals surface area contributed by atoms with Crippen LogP contribution >= 0.6 is 12.2 Å². The first-order valence-electron chi connectivity index (χ1n) is 8.76. The highest BCUT2D eigenvalue weighted by Gasteiger charge is 2.22. The van der Waals surface area contributed by atoms with Crippen molar-refractivity contribution < 1.29 is 9.47 Å². The zero-order valence-electron chi connectivity index (χ0n) is 14.0. The van der Waals surface area contributed by atoms with Crippen molar-refractivity contribution in [1.29, 1.82) is 0 Å². The van der Waals surface area contributed by atoms with Crippen LogP contribution in [0.4, 0.5) is 0 Å². The van der Waals surface area contributed by atoms with Gasteiger partial charge in [0.15, 0.2) is 16.7 Å². The van der Waals surface area contributed by atoms with E-state index in [1.54, 1.807) is 0 Å². The molecule has 1 aromatic heterocycles. The Labute approximate surface area is 147 Å². The number of hydrogen-bond acceptors (Lipinski definition) is 4. The fraction of sp³-hybridized carbons (Fsp3) is 0.556. The molecule has 0 saturated carbocycles. The van der Waals surface area contributed by atoms with Crippen molar-refractivity contribution in [3.05, 3.63) is 39.9 Å². The van der Waals surface area contributed by atoms with Gasteiger partial charge < -0.3 is 9.47 Å². The highest BCUT2D eigenvalue weighted by Crippen LogP contribution is 2.28. The number of H-pyrrole nitrogens is 1. The molecule has 2 heterocycles. The molecule has 2 aromatic rings. The zero-order valence-corrected chi connectivity index (χ0v) is 14.8. The Kier molecular flexibility index (Phi) is 4.41. The second-order valence-electron chi connectivity index (χ2n) is 6.68. The van der Waals surface area contributed by atoms with Crippen LogP contribution in [0.3, 0.4) is 0 Å². The first-order valence-corrected chi connectivity index (χ1v) is 9.16. The summed E-state index contributed by atoms with van der Waals surface area (Å²) in [4.78, 5) is 0. The molecule has 5 nitrogen and oxygen atoms in total.